The van der Waals surface area contributed by atoms with E-state index in [1.807, 2.05) is 0 Å². The quantitative estimate of drug-likeness (QED) is 0.508. The highest BCUT2D eigenvalue weighted by atomic mass is 79.9. The van der Waals surface area contributed by atoms with Gasteiger partial charge in [0.25, 0.3) is 0 Å². The Bertz CT molecular complexity index is 793. The fourth-order valence-corrected chi connectivity index (χ4v) is 8.77. The van der Waals surface area contributed by atoms with E-state index < -0.39 is 7.26 Å². The Morgan fingerprint density at radius 1 is 0.655 bits per heavy atom. The maximum Gasteiger partial charge on any atom is 0.174 e. The zero-order valence-electron chi connectivity index (χ0n) is 16.7. The van der Waals surface area contributed by atoms with Crippen molar-refractivity contribution in [3.63, 3.8) is 0 Å². The molecule has 1 aliphatic rings. The van der Waals surface area contributed by atoms with Gasteiger partial charge in [0.2, 0.25) is 0 Å². The number of benzene rings is 3. The number of hydrogen-bond acceptors (Lipinski definition) is 1. The average Bonchev–Trinajstić information content (AvgIpc) is 2.80. The van der Waals surface area contributed by atoms with Crippen molar-refractivity contribution in [2.45, 2.75) is 32.1 Å². The van der Waals surface area contributed by atoms with E-state index in [0.29, 0.717) is 11.9 Å². The summed E-state index contributed by atoms with van der Waals surface area (Å²) in [4.78, 5) is 13.6. The van der Waals surface area contributed by atoms with Crippen molar-refractivity contribution in [1.82, 2.24) is 0 Å². The van der Waals surface area contributed by atoms with Crippen LogP contribution in [-0.4, -0.2) is 11.9 Å². The van der Waals surface area contributed by atoms with Gasteiger partial charge in [0.15, 0.2) is 5.78 Å². The van der Waals surface area contributed by atoms with Gasteiger partial charge in [-0.1, -0.05) is 73.9 Å². The van der Waals surface area contributed by atoms with Crippen LogP contribution in [-0.2, 0) is 4.79 Å². The third kappa shape index (κ3) is 4.71. The van der Waals surface area contributed by atoms with Crippen LogP contribution in [0.4, 0.5) is 0 Å². The van der Waals surface area contributed by atoms with Crippen molar-refractivity contribution in [3.05, 3.63) is 91.0 Å². The molecule has 4 rings (SSSR count). The summed E-state index contributed by atoms with van der Waals surface area (Å²) in [6, 6.07) is 32.2. The van der Waals surface area contributed by atoms with Crippen molar-refractivity contribution in [2.24, 2.45) is 5.92 Å². The van der Waals surface area contributed by atoms with Crippen LogP contribution in [0.1, 0.15) is 32.1 Å². The number of hydrogen-bond donors (Lipinski definition) is 0. The van der Waals surface area contributed by atoms with Crippen LogP contribution in [0.5, 0.6) is 0 Å². The largest absolute Gasteiger partial charge is 1.00 e. The Morgan fingerprint density at radius 2 is 1.03 bits per heavy atom. The van der Waals surface area contributed by atoms with Crippen LogP contribution >= 0.6 is 7.26 Å². The molecule has 0 aliphatic heterocycles. The molecule has 0 N–H and O–H groups in total. The molecule has 3 aromatic carbocycles. The van der Waals surface area contributed by atoms with Gasteiger partial charge in [-0.2, -0.15) is 0 Å². The van der Waals surface area contributed by atoms with Gasteiger partial charge in [0, 0.05) is 5.92 Å². The summed E-state index contributed by atoms with van der Waals surface area (Å²) >= 11 is 0. The molecule has 3 aromatic rings. The molecule has 3 heteroatoms. The zero-order chi connectivity index (χ0) is 19.2. The molecule has 0 spiro atoms. The van der Waals surface area contributed by atoms with Crippen LogP contribution in [0, 0.1) is 5.92 Å². The van der Waals surface area contributed by atoms with Crippen molar-refractivity contribution < 1.29 is 21.8 Å². The van der Waals surface area contributed by atoms with E-state index >= 15 is 0 Å². The topological polar surface area (TPSA) is 17.1 Å². The zero-order valence-corrected chi connectivity index (χ0v) is 19.2. The average molecular weight is 467 g/mol. The lowest BCUT2D eigenvalue weighted by Crippen LogP contribution is -3.00. The lowest BCUT2D eigenvalue weighted by atomic mass is 9.87. The molecule has 1 nitrogen and oxygen atoms in total. The van der Waals surface area contributed by atoms with E-state index in [2.05, 4.69) is 91.0 Å². The molecule has 29 heavy (non-hydrogen) atoms. The van der Waals surface area contributed by atoms with Crippen LogP contribution in [0.3, 0.4) is 0 Å². The Hall–Kier alpha value is -1.76. The molecule has 1 aliphatic carbocycles. The second-order valence-electron chi connectivity index (χ2n) is 7.78. The minimum absolute atomic E-state index is 0. The van der Waals surface area contributed by atoms with E-state index in [9.17, 15) is 4.79 Å². The predicted octanol–water partition coefficient (Wildman–Crippen LogP) is 2.13. The van der Waals surface area contributed by atoms with Crippen LogP contribution in [0.2, 0.25) is 0 Å². The monoisotopic (exact) mass is 466 g/mol. The number of rotatable bonds is 6. The molecule has 1 saturated carbocycles. The standard InChI is InChI=1S/C26H28OP.BrH/c27-26(22-13-5-1-6-14-22)21-28(23-15-7-2-8-16-23,24-17-9-3-10-18-24)25-19-11-4-12-20-25;/h2-4,7-12,15-20,22H,1,5-6,13-14,21H2;1H/q+1;/p-1. The molecule has 0 amide bonds. The first-order valence-corrected chi connectivity index (χ1v) is 12.4. The highest BCUT2D eigenvalue weighted by Crippen LogP contribution is 2.55. The molecular formula is C26H28BrOP. The SMILES string of the molecule is O=C(C[P+](c1ccccc1)(c1ccccc1)c1ccccc1)C1CCCCC1.[Br-]. The van der Waals surface area contributed by atoms with E-state index in [1.165, 1.54) is 35.2 Å². The van der Waals surface area contributed by atoms with Gasteiger partial charge in [0.1, 0.15) is 29.3 Å². The third-order valence-corrected chi connectivity index (χ3v) is 10.4. The lowest BCUT2D eigenvalue weighted by Gasteiger charge is -2.29. The van der Waals surface area contributed by atoms with Gasteiger partial charge in [0.05, 0.1) is 0 Å². The van der Waals surface area contributed by atoms with Crippen LogP contribution < -0.4 is 32.9 Å². The molecule has 0 bridgehead atoms. The smallest absolute Gasteiger partial charge is 0.174 e. The predicted molar refractivity (Wildman–Crippen MR) is 122 cm³/mol. The fraction of sp³-hybridized carbons (Fsp3) is 0.269. The second kappa shape index (κ2) is 10.3. The molecule has 0 saturated heterocycles. The van der Waals surface area contributed by atoms with Gasteiger partial charge in [-0.3, -0.25) is 4.79 Å². The van der Waals surface area contributed by atoms with E-state index in [4.69, 9.17) is 0 Å². The highest BCUT2D eigenvalue weighted by Gasteiger charge is 2.48. The van der Waals surface area contributed by atoms with E-state index in [0.717, 1.165) is 12.8 Å². The molecule has 150 valence electrons. The minimum atomic E-state index is -2.03. The van der Waals surface area contributed by atoms with Gasteiger partial charge >= 0.3 is 0 Å². The molecule has 0 heterocycles. The summed E-state index contributed by atoms with van der Waals surface area (Å²) in [6.45, 7) is 0. The molecule has 0 aromatic heterocycles. The summed E-state index contributed by atoms with van der Waals surface area (Å²) in [5.41, 5.74) is 0. The summed E-state index contributed by atoms with van der Waals surface area (Å²) in [5, 5.41) is 3.91. The third-order valence-electron chi connectivity index (χ3n) is 6.04. The van der Waals surface area contributed by atoms with Crippen molar-refractivity contribution >= 4 is 29.0 Å². The maximum atomic E-state index is 13.6. The molecule has 1 fully saturated rings. The number of Topliss-reactive ketones (excluding diaryl/α,β-unsaturated/α-hetero) is 1. The Labute approximate surface area is 185 Å². The van der Waals surface area contributed by atoms with Crippen LogP contribution in [0.15, 0.2) is 91.0 Å². The number of carbonyl (C=O) groups is 1. The van der Waals surface area contributed by atoms with E-state index in [-0.39, 0.29) is 22.9 Å². The molecule has 0 unspecified atom stereocenters. The van der Waals surface area contributed by atoms with Crippen molar-refractivity contribution in [2.75, 3.05) is 6.16 Å². The fourth-order valence-electron chi connectivity index (χ4n) is 4.56. The Balaban J connectivity index is 0.00000240. The number of ketones is 1. The van der Waals surface area contributed by atoms with Crippen molar-refractivity contribution in [1.29, 1.82) is 0 Å². The lowest BCUT2D eigenvalue weighted by molar-refractivity contribution is -0.121. The van der Waals surface area contributed by atoms with Gasteiger partial charge in [-0.25, -0.2) is 0 Å². The molecular weight excluding hydrogens is 439 g/mol. The first kappa shape index (κ1) is 21.9. The highest BCUT2D eigenvalue weighted by molar-refractivity contribution is 7.96. The normalized spacial score (nSPS) is 14.8. The summed E-state index contributed by atoms with van der Waals surface area (Å²) in [6.07, 6.45) is 6.44. The second-order valence-corrected chi connectivity index (χ2v) is 11.3. The Morgan fingerprint density at radius 3 is 1.41 bits per heavy atom. The summed E-state index contributed by atoms with van der Waals surface area (Å²) in [7, 11) is -2.03. The summed E-state index contributed by atoms with van der Waals surface area (Å²) < 4.78 is 0. The molecule has 0 atom stereocenters. The van der Waals surface area contributed by atoms with Gasteiger partial charge in [-0.15, -0.1) is 0 Å². The summed E-state index contributed by atoms with van der Waals surface area (Å²) in [5.74, 6) is 0.703. The molecule has 0 radical (unpaired) electrons. The Kier molecular flexibility index (Phi) is 7.81. The maximum absolute atomic E-state index is 13.6. The van der Waals surface area contributed by atoms with Crippen molar-refractivity contribution in [3.8, 4) is 0 Å². The first-order chi connectivity index (χ1) is 13.8. The van der Waals surface area contributed by atoms with E-state index in [1.54, 1.807) is 0 Å². The van der Waals surface area contributed by atoms with Gasteiger partial charge < -0.3 is 17.0 Å². The minimum Gasteiger partial charge on any atom is -1.00 e. The first-order valence-electron chi connectivity index (χ1n) is 10.4. The number of carbonyl (C=O) groups excluding carboxylic acids is 1. The van der Waals surface area contributed by atoms with Crippen LogP contribution in [0.25, 0.3) is 0 Å². The number of halogens is 1. The van der Waals surface area contributed by atoms with Gasteiger partial charge in [-0.05, 0) is 49.2 Å².